The van der Waals surface area contributed by atoms with Gasteiger partial charge in [-0.2, -0.15) is 0 Å². The van der Waals surface area contributed by atoms with Gasteiger partial charge in [0.1, 0.15) is 0 Å². The van der Waals surface area contributed by atoms with Crippen molar-refractivity contribution in [2.24, 2.45) is 11.8 Å². The lowest BCUT2D eigenvalue weighted by Gasteiger charge is -2.47. The second kappa shape index (κ2) is 11.1. The monoisotopic (exact) mass is 490 g/mol. The van der Waals surface area contributed by atoms with Crippen molar-refractivity contribution in [3.8, 4) is 0 Å². The first-order valence-electron chi connectivity index (χ1n) is 12.8. The second-order valence-electron chi connectivity index (χ2n) is 10.0. The smallest absolute Gasteiger partial charge is 0.199 e. The minimum atomic E-state index is -1.42. The van der Waals surface area contributed by atoms with Crippen LogP contribution in [0.1, 0.15) is 59.5 Å². The largest absolute Gasteiger partial charge is 0.342 e. The summed E-state index contributed by atoms with van der Waals surface area (Å²) >= 11 is 0. The minimum Gasteiger partial charge on any atom is -0.342 e. The van der Waals surface area contributed by atoms with Gasteiger partial charge in [-0.05, 0) is 23.0 Å². The summed E-state index contributed by atoms with van der Waals surface area (Å²) < 4.78 is 7.25. The average Bonchev–Trinajstić information content (AvgIpc) is 2.95. The van der Waals surface area contributed by atoms with E-state index in [-0.39, 0.29) is 23.4 Å². The molecule has 0 fully saturated rings. The highest BCUT2D eigenvalue weighted by Gasteiger charge is 2.55. The molecule has 4 aromatic carbocycles. The lowest BCUT2D eigenvalue weighted by molar-refractivity contribution is -0.159. The number of ketones is 2. The predicted octanol–water partition coefficient (Wildman–Crippen LogP) is 7.87. The van der Waals surface area contributed by atoms with Gasteiger partial charge < -0.3 is 4.74 Å². The van der Waals surface area contributed by atoms with E-state index in [1.165, 1.54) is 0 Å². The number of rotatable bonds is 10. The molecule has 0 saturated heterocycles. The van der Waals surface area contributed by atoms with Crippen LogP contribution in [0.4, 0.5) is 0 Å². The molecule has 188 valence electrons. The van der Waals surface area contributed by atoms with Gasteiger partial charge in [-0.3, -0.25) is 9.59 Å². The quantitative estimate of drug-likeness (QED) is 0.212. The summed E-state index contributed by atoms with van der Waals surface area (Å²) in [4.78, 5) is 29.1. The first kappa shape index (κ1) is 26.2. The van der Waals surface area contributed by atoms with Gasteiger partial charge in [-0.15, -0.1) is 0 Å². The van der Waals surface area contributed by atoms with Crippen LogP contribution < -0.4 is 0 Å². The van der Waals surface area contributed by atoms with E-state index in [2.05, 4.69) is 0 Å². The fraction of sp³-hybridized carbons (Fsp3) is 0.235. The third kappa shape index (κ3) is 4.80. The SMILES string of the molecule is CC(C)C(OC(C(=O)c1ccccc1)(c1ccccc1)C(C)C)(C(=O)c1ccccc1)c1ccccc1. The van der Waals surface area contributed by atoms with Crippen molar-refractivity contribution < 1.29 is 14.3 Å². The molecule has 3 nitrogen and oxygen atoms in total. The summed E-state index contributed by atoms with van der Waals surface area (Å²) in [5.41, 5.74) is -0.322. The van der Waals surface area contributed by atoms with E-state index >= 15 is 0 Å². The third-order valence-corrected chi connectivity index (χ3v) is 7.10. The fourth-order valence-corrected chi connectivity index (χ4v) is 5.13. The Morgan fingerprint density at radius 1 is 0.486 bits per heavy atom. The van der Waals surface area contributed by atoms with Crippen LogP contribution in [0.2, 0.25) is 0 Å². The van der Waals surface area contributed by atoms with E-state index in [0.717, 1.165) is 11.1 Å². The first-order chi connectivity index (χ1) is 17.8. The van der Waals surface area contributed by atoms with Crippen LogP contribution in [0.3, 0.4) is 0 Å². The molecule has 0 radical (unpaired) electrons. The van der Waals surface area contributed by atoms with Gasteiger partial charge in [-0.1, -0.05) is 149 Å². The van der Waals surface area contributed by atoms with E-state index < -0.39 is 11.2 Å². The Kier molecular flexibility index (Phi) is 7.85. The molecule has 37 heavy (non-hydrogen) atoms. The molecule has 0 amide bonds. The number of benzene rings is 4. The van der Waals surface area contributed by atoms with Crippen LogP contribution in [-0.4, -0.2) is 11.6 Å². The summed E-state index contributed by atoms with van der Waals surface area (Å²) in [5.74, 6) is -0.909. The normalized spacial score (nSPS) is 14.6. The zero-order valence-electron chi connectivity index (χ0n) is 21.9. The Hall–Kier alpha value is -3.82. The highest BCUT2D eigenvalue weighted by Crippen LogP contribution is 2.48. The molecule has 0 heterocycles. The fourth-order valence-electron chi connectivity index (χ4n) is 5.13. The van der Waals surface area contributed by atoms with Gasteiger partial charge in [0.2, 0.25) is 0 Å². The van der Waals surface area contributed by atoms with Crippen molar-refractivity contribution in [2.75, 3.05) is 0 Å². The summed E-state index contributed by atoms with van der Waals surface area (Å²) in [6.07, 6.45) is 0. The molecule has 0 N–H and O–H groups in total. The summed E-state index contributed by atoms with van der Waals surface area (Å²) in [6, 6.07) is 37.6. The predicted molar refractivity (Wildman–Crippen MR) is 149 cm³/mol. The van der Waals surface area contributed by atoms with Gasteiger partial charge in [-0.25, -0.2) is 0 Å². The highest BCUT2D eigenvalue weighted by molar-refractivity contribution is 6.06. The molecule has 4 aromatic rings. The molecule has 0 aliphatic rings. The van der Waals surface area contributed by atoms with Crippen LogP contribution >= 0.6 is 0 Å². The van der Waals surface area contributed by atoms with Crippen molar-refractivity contribution in [3.63, 3.8) is 0 Å². The van der Waals surface area contributed by atoms with E-state index in [1.807, 2.05) is 149 Å². The number of hydrogen-bond donors (Lipinski definition) is 0. The molecule has 0 spiro atoms. The van der Waals surface area contributed by atoms with Crippen molar-refractivity contribution in [1.29, 1.82) is 0 Å². The molecule has 2 unspecified atom stereocenters. The lowest BCUT2D eigenvalue weighted by Crippen LogP contribution is -2.55. The van der Waals surface area contributed by atoms with Gasteiger partial charge in [0.05, 0.1) is 0 Å². The Labute approximate surface area is 220 Å². The molecular formula is C34H34O3. The molecule has 0 aliphatic heterocycles. The number of carbonyl (C=O) groups is 2. The third-order valence-electron chi connectivity index (χ3n) is 7.10. The molecular weight excluding hydrogens is 456 g/mol. The van der Waals surface area contributed by atoms with Crippen LogP contribution in [0, 0.1) is 11.8 Å². The van der Waals surface area contributed by atoms with Crippen LogP contribution in [0.5, 0.6) is 0 Å². The van der Waals surface area contributed by atoms with Gasteiger partial charge in [0.15, 0.2) is 22.8 Å². The number of ether oxygens (including phenoxy) is 1. The maximum absolute atomic E-state index is 14.6. The second-order valence-corrected chi connectivity index (χ2v) is 10.0. The number of carbonyl (C=O) groups excluding carboxylic acids is 2. The molecule has 0 aromatic heterocycles. The topological polar surface area (TPSA) is 43.4 Å². The number of Topliss-reactive ketones (excluding diaryl/α,β-unsaturated/α-hetero) is 2. The van der Waals surface area contributed by atoms with E-state index in [4.69, 9.17) is 4.74 Å². The van der Waals surface area contributed by atoms with Gasteiger partial charge in [0, 0.05) is 11.1 Å². The Morgan fingerprint density at radius 3 is 1.03 bits per heavy atom. The Balaban J connectivity index is 2.05. The molecule has 4 rings (SSSR count). The highest BCUT2D eigenvalue weighted by atomic mass is 16.5. The molecule has 0 bridgehead atoms. The molecule has 0 aliphatic carbocycles. The molecule has 2 atom stereocenters. The first-order valence-corrected chi connectivity index (χ1v) is 12.8. The Morgan fingerprint density at radius 2 is 0.757 bits per heavy atom. The van der Waals surface area contributed by atoms with E-state index in [1.54, 1.807) is 0 Å². The van der Waals surface area contributed by atoms with E-state index in [9.17, 15) is 9.59 Å². The van der Waals surface area contributed by atoms with Crippen molar-refractivity contribution in [3.05, 3.63) is 144 Å². The maximum Gasteiger partial charge on any atom is 0.199 e. The molecule has 3 heteroatoms. The van der Waals surface area contributed by atoms with Crippen molar-refractivity contribution >= 4 is 11.6 Å². The zero-order valence-corrected chi connectivity index (χ0v) is 21.9. The minimum absolute atomic E-state index is 0.170. The van der Waals surface area contributed by atoms with Crippen LogP contribution in [-0.2, 0) is 15.9 Å². The van der Waals surface area contributed by atoms with Crippen molar-refractivity contribution in [1.82, 2.24) is 0 Å². The average molecular weight is 491 g/mol. The molecule has 0 saturated carbocycles. The zero-order chi connectivity index (χ0) is 26.5. The van der Waals surface area contributed by atoms with E-state index in [0.29, 0.717) is 11.1 Å². The lowest BCUT2D eigenvalue weighted by atomic mass is 9.72. The number of hydrogen-bond acceptors (Lipinski definition) is 3. The van der Waals surface area contributed by atoms with Crippen LogP contribution in [0.25, 0.3) is 0 Å². The van der Waals surface area contributed by atoms with Crippen molar-refractivity contribution in [2.45, 2.75) is 38.9 Å². The van der Waals surface area contributed by atoms with Gasteiger partial charge >= 0.3 is 0 Å². The standard InChI is InChI=1S/C34H34O3/c1-25(2)33(29-21-13-7-14-22-29,31(35)27-17-9-5-10-18-27)37-34(26(3)4,30-23-15-8-16-24-30)32(36)28-19-11-6-12-20-28/h5-26H,1-4H3. The van der Waals surface area contributed by atoms with Gasteiger partial charge in [0.25, 0.3) is 0 Å². The Bertz CT molecular complexity index is 1210. The van der Waals surface area contributed by atoms with Crippen LogP contribution in [0.15, 0.2) is 121 Å². The summed E-state index contributed by atoms with van der Waals surface area (Å²) in [5, 5.41) is 0. The summed E-state index contributed by atoms with van der Waals surface area (Å²) in [7, 11) is 0. The summed E-state index contributed by atoms with van der Waals surface area (Å²) in [6.45, 7) is 7.93. The maximum atomic E-state index is 14.6.